The van der Waals surface area contributed by atoms with Crippen LogP contribution in [-0.4, -0.2) is 6.54 Å². The highest BCUT2D eigenvalue weighted by Crippen LogP contribution is 2.47. The van der Waals surface area contributed by atoms with E-state index >= 15 is 0 Å². The van der Waals surface area contributed by atoms with E-state index in [-0.39, 0.29) is 0 Å². The molecule has 1 saturated carbocycles. The van der Waals surface area contributed by atoms with Crippen LogP contribution in [0.15, 0.2) is 18.2 Å². The van der Waals surface area contributed by atoms with Gasteiger partial charge in [0.05, 0.1) is 0 Å². The number of hydrogen-bond acceptors (Lipinski definition) is 1. The van der Waals surface area contributed by atoms with Crippen molar-refractivity contribution in [2.75, 3.05) is 6.54 Å². The lowest BCUT2D eigenvalue weighted by atomic mass is 10.0. The number of rotatable bonds is 5. The van der Waals surface area contributed by atoms with E-state index in [4.69, 9.17) is 0 Å². The molecule has 1 aliphatic rings. The van der Waals surface area contributed by atoms with Crippen LogP contribution in [0.25, 0.3) is 0 Å². The van der Waals surface area contributed by atoms with Crippen LogP contribution in [0.2, 0.25) is 0 Å². The third-order valence-electron chi connectivity index (χ3n) is 3.46. The Morgan fingerprint density at radius 3 is 2.31 bits per heavy atom. The Kier molecular flexibility index (Phi) is 3.24. The molecule has 1 aromatic rings. The molecule has 0 amide bonds. The fourth-order valence-electron chi connectivity index (χ4n) is 2.02. The molecule has 0 aliphatic heterocycles. The topological polar surface area (TPSA) is 12.0 Å². The van der Waals surface area contributed by atoms with Gasteiger partial charge in [0.15, 0.2) is 0 Å². The molecule has 88 valence electrons. The van der Waals surface area contributed by atoms with Crippen molar-refractivity contribution in [3.05, 3.63) is 35.4 Å². The fraction of sp³-hybridized carbons (Fsp3) is 0.538. The molecule has 0 bridgehead atoms. The van der Waals surface area contributed by atoms with E-state index in [9.17, 15) is 8.78 Å². The van der Waals surface area contributed by atoms with Crippen LogP contribution in [0.4, 0.5) is 8.78 Å². The molecule has 1 fully saturated rings. The predicted octanol–water partition coefficient (Wildman–Crippen LogP) is 3.24. The Morgan fingerprint density at radius 2 is 1.81 bits per heavy atom. The first kappa shape index (κ1) is 11.5. The lowest BCUT2D eigenvalue weighted by Crippen LogP contribution is -2.23. The van der Waals surface area contributed by atoms with Gasteiger partial charge in [-0.2, -0.15) is 0 Å². The summed E-state index contributed by atoms with van der Waals surface area (Å²) in [6.45, 7) is 3.68. The van der Waals surface area contributed by atoms with Gasteiger partial charge in [0.2, 0.25) is 0 Å². The summed E-state index contributed by atoms with van der Waals surface area (Å²) in [5.41, 5.74) is 1.13. The van der Waals surface area contributed by atoms with Gasteiger partial charge in [0.1, 0.15) is 11.6 Å². The fourth-order valence-corrected chi connectivity index (χ4v) is 2.02. The highest BCUT2D eigenvalue weighted by molar-refractivity contribution is 5.17. The highest BCUT2D eigenvalue weighted by atomic mass is 19.1. The van der Waals surface area contributed by atoms with Crippen molar-refractivity contribution in [2.45, 2.75) is 32.7 Å². The number of halogens is 2. The zero-order valence-electron chi connectivity index (χ0n) is 9.52. The van der Waals surface area contributed by atoms with E-state index in [1.807, 2.05) is 0 Å². The zero-order valence-corrected chi connectivity index (χ0v) is 9.52. The summed E-state index contributed by atoms with van der Waals surface area (Å²) in [6, 6.07) is 3.65. The van der Waals surface area contributed by atoms with Crippen molar-refractivity contribution >= 4 is 0 Å². The number of nitrogens with one attached hydrogen (secondary N) is 1. The molecular formula is C13H17F2N. The van der Waals surface area contributed by atoms with Gasteiger partial charge in [-0.1, -0.05) is 6.92 Å². The van der Waals surface area contributed by atoms with Crippen LogP contribution in [0.5, 0.6) is 0 Å². The average Bonchev–Trinajstić information content (AvgIpc) is 2.97. The molecule has 1 aliphatic carbocycles. The molecule has 0 radical (unpaired) electrons. The van der Waals surface area contributed by atoms with Crippen LogP contribution < -0.4 is 5.32 Å². The smallest absolute Gasteiger partial charge is 0.126 e. The third kappa shape index (κ3) is 2.79. The third-order valence-corrected chi connectivity index (χ3v) is 3.46. The molecule has 0 heterocycles. The van der Waals surface area contributed by atoms with Gasteiger partial charge in [0.25, 0.3) is 0 Å². The molecule has 0 saturated heterocycles. The van der Waals surface area contributed by atoms with Crippen molar-refractivity contribution in [1.29, 1.82) is 0 Å². The summed E-state index contributed by atoms with van der Waals surface area (Å²) >= 11 is 0. The molecular weight excluding hydrogens is 208 g/mol. The molecule has 3 heteroatoms. The van der Waals surface area contributed by atoms with E-state index in [1.54, 1.807) is 0 Å². The molecule has 16 heavy (non-hydrogen) atoms. The highest BCUT2D eigenvalue weighted by Gasteiger charge is 2.39. The summed E-state index contributed by atoms with van der Waals surface area (Å²) in [5.74, 6) is -1.01. The zero-order chi connectivity index (χ0) is 11.6. The van der Waals surface area contributed by atoms with Crippen LogP contribution in [-0.2, 0) is 6.54 Å². The number of hydrogen-bond donors (Lipinski definition) is 1. The summed E-state index contributed by atoms with van der Waals surface area (Å²) in [6.07, 6.45) is 3.72. The SMILES string of the molecule is CCC1(CNCc2cc(F)cc(F)c2)CC1. The normalized spacial score (nSPS) is 17.4. The second kappa shape index (κ2) is 4.50. The maximum absolute atomic E-state index is 12.9. The minimum absolute atomic E-state index is 0.464. The van der Waals surface area contributed by atoms with Crippen LogP contribution in [0, 0.1) is 17.0 Å². The van der Waals surface area contributed by atoms with Gasteiger partial charge in [0, 0.05) is 19.2 Å². The monoisotopic (exact) mass is 225 g/mol. The Labute approximate surface area is 94.9 Å². The van der Waals surface area contributed by atoms with E-state index < -0.39 is 11.6 Å². The van der Waals surface area contributed by atoms with E-state index in [0.29, 0.717) is 17.5 Å². The van der Waals surface area contributed by atoms with Gasteiger partial charge in [-0.05, 0) is 42.4 Å². The van der Waals surface area contributed by atoms with Gasteiger partial charge < -0.3 is 5.32 Å². The van der Waals surface area contributed by atoms with Gasteiger partial charge in [-0.15, -0.1) is 0 Å². The molecule has 1 nitrogen and oxygen atoms in total. The second-order valence-electron chi connectivity index (χ2n) is 4.73. The number of benzene rings is 1. The Bertz CT molecular complexity index is 352. The van der Waals surface area contributed by atoms with Crippen LogP contribution >= 0.6 is 0 Å². The lowest BCUT2D eigenvalue weighted by molar-refractivity contribution is 0.442. The maximum Gasteiger partial charge on any atom is 0.126 e. The standard InChI is InChI=1S/C13H17F2N/c1-2-13(3-4-13)9-16-8-10-5-11(14)7-12(15)6-10/h5-7,16H,2-4,8-9H2,1H3. The second-order valence-corrected chi connectivity index (χ2v) is 4.73. The van der Waals surface area contributed by atoms with Crippen LogP contribution in [0.3, 0.4) is 0 Å². The average molecular weight is 225 g/mol. The first-order valence-electron chi connectivity index (χ1n) is 5.79. The van der Waals surface area contributed by atoms with E-state index in [1.165, 1.54) is 31.4 Å². The van der Waals surface area contributed by atoms with Gasteiger partial charge >= 0.3 is 0 Å². The first-order chi connectivity index (χ1) is 7.63. The summed E-state index contributed by atoms with van der Waals surface area (Å²) in [5, 5.41) is 3.28. The molecule has 0 atom stereocenters. The first-order valence-corrected chi connectivity index (χ1v) is 5.79. The molecule has 0 aromatic heterocycles. The minimum Gasteiger partial charge on any atom is -0.312 e. The van der Waals surface area contributed by atoms with Gasteiger partial charge in [-0.3, -0.25) is 0 Å². The van der Waals surface area contributed by atoms with Crippen molar-refractivity contribution in [1.82, 2.24) is 5.32 Å². The van der Waals surface area contributed by atoms with Crippen molar-refractivity contribution in [3.8, 4) is 0 Å². The molecule has 1 aromatic carbocycles. The predicted molar refractivity (Wildman–Crippen MR) is 60.0 cm³/mol. The van der Waals surface area contributed by atoms with E-state index in [0.717, 1.165) is 12.6 Å². The lowest BCUT2D eigenvalue weighted by Gasteiger charge is -2.13. The van der Waals surface area contributed by atoms with Crippen molar-refractivity contribution in [2.24, 2.45) is 5.41 Å². The van der Waals surface area contributed by atoms with Gasteiger partial charge in [-0.25, -0.2) is 8.78 Å². The van der Waals surface area contributed by atoms with Crippen molar-refractivity contribution in [3.63, 3.8) is 0 Å². The molecule has 0 unspecified atom stereocenters. The Hall–Kier alpha value is -0.960. The molecule has 0 spiro atoms. The summed E-state index contributed by atoms with van der Waals surface area (Å²) in [4.78, 5) is 0. The van der Waals surface area contributed by atoms with E-state index in [2.05, 4.69) is 12.2 Å². The largest absolute Gasteiger partial charge is 0.312 e. The molecule has 2 rings (SSSR count). The Morgan fingerprint density at radius 1 is 1.19 bits per heavy atom. The van der Waals surface area contributed by atoms with Crippen molar-refractivity contribution < 1.29 is 8.78 Å². The molecule has 1 N–H and O–H groups in total. The summed E-state index contributed by atoms with van der Waals surface area (Å²) < 4.78 is 25.8. The Balaban J connectivity index is 1.85. The summed E-state index contributed by atoms with van der Waals surface area (Å²) in [7, 11) is 0. The minimum atomic E-state index is -0.506. The maximum atomic E-state index is 12.9. The quantitative estimate of drug-likeness (QED) is 0.811. The van der Waals surface area contributed by atoms with Crippen LogP contribution in [0.1, 0.15) is 31.7 Å².